The van der Waals surface area contributed by atoms with Crippen LogP contribution in [0.3, 0.4) is 0 Å². The number of amides is 2. The van der Waals surface area contributed by atoms with Crippen LogP contribution in [0.25, 0.3) is 10.8 Å². The summed E-state index contributed by atoms with van der Waals surface area (Å²) >= 11 is 0. The molecule has 0 saturated carbocycles. The molecular formula is C27H30N2O3. The third-order valence-corrected chi connectivity index (χ3v) is 6.01. The Balaban J connectivity index is 1.20. The van der Waals surface area contributed by atoms with Crippen molar-refractivity contribution < 1.29 is 14.3 Å². The summed E-state index contributed by atoms with van der Waals surface area (Å²) in [5, 5.41) is 5.19. The Morgan fingerprint density at radius 2 is 1.69 bits per heavy atom. The second-order valence-electron chi connectivity index (χ2n) is 8.43. The molecule has 1 aliphatic rings. The molecule has 0 aliphatic carbocycles. The first kappa shape index (κ1) is 21.9. The van der Waals surface area contributed by atoms with Gasteiger partial charge in [-0.05, 0) is 55.2 Å². The van der Waals surface area contributed by atoms with E-state index in [1.165, 1.54) is 5.56 Å². The van der Waals surface area contributed by atoms with Gasteiger partial charge in [0.05, 0.1) is 6.61 Å². The first-order chi connectivity index (χ1) is 15.6. The molecule has 0 unspecified atom stereocenters. The summed E-state index contributed by atoms with van der Waals surface area (Å²) in [6.45, 7) is 3.87. The Morgan fingerprint density at radius 1 is 0.969 bits per heavy atom. The normalized spacial score (nSPS) is 14.3. The maximum Gasteiger partial charge on any atom is 0.254 e. The molecule has 1 N–H and O–H groups in total. The molecule has 166 valence electrons. The van der Waals surface area contributed by atoms with Gasteiger partial charge in [0, 0.05) is 31.1 Å². The zero-order valence-electron chi connectivity index (χ0n) is 18.5. The predicted molar refractivity (Wildman–Crippen MR) is 127 cm³/mol. The number of likely N-dealkylation sites (tertiary alicyclic amines) is 1. The van der Waals surface area contributed by atoms with Crippen LogP contribution in [0, 0.1) is 6.92 Å². The largest absolute Gasteiger partial charge is 0.494 e. The van der Waals surface area contributed by atoms with Gasteiger partial charge < -0.3 is 15.0 Å². The van der Waals surface area contributed by atoms with Gasteiger partial charge in [0.2, 0.25) is 5.91 Å². The Labute approximate surface area is 189 Å². The molecule has 5 nitrogen and oxygen atoms in total. The molecule has 0 bridgehead atoms. The van der Waals surface area contributed by atoms with E-state index in [-0.39, 0.29) is 17.9 Å². The molecule has 5 heteroatoms. The van der Waals surface area contributed by atoms with Gasteiger partial charge in [0.1, 0.15) is 5.75 Å². The zero-order chi connectivity index (χ0) is 22.3. The quantitative estimate of drug-likeness (QED) is 0.552. The minimum absolute atomic E-state index is 0.0522. The van der Waals surface area contributed by atoms with Gasteiger partial charge in [-0.3, -0.25) is 9.59 Å². The highest BCUT2D eigenvalue weighted by Crippen LogP contribution is 2.22. The number of piperidine rings is 1. The number of benzene rings is 3. The van der Waals surface area contributed by atoms with E-state index in [2.05, 4.69) is 5.32 Å². The van der Waals surface area contributed by atoms with Crippen LogP contribution in [0.4, 0.5) is 0 Å². The average molecular weight is 431 g/mol. The van der Waals surface area contributed by atoms with E-state index in [0.717, 1.165) is 34.9 Å². The second kappa shape index (κ2) is 10.3. The lowest BCUT2D eigenvalue weighted by Crippen LogP contribution is -2.46. The van der Waals surface area contributed by atoms with E-state index in [4.69, 9.17) is 4.74 Å². The Bertz CT molecular complexity index is 1060. The molecule has 1 saturated heterocycles. The fourth-order valence-electron chi connectivity index (χ4n) is 4.17. The van der Waals surface area contributed by atoms with Crippen LogP contribution in [-0.4, -0.2) is 42.5 Å². The number of ether oxygens (including phenoxy) is 1. The molecule has 0 spiro atoms. The standard InChI is InChI=1S/C27H30N2O3/c1-20-11-13-23(14-12-20)32-19-5-10-26(30)28-22-15-17-29(18-16-22)27(31)25-9-4-7-21-6-2-3-8-24(21)25/h2-4,6-9,11-14,22H,5,10,15-19H2,1H3,(H,28,30). The van der Waals surface area contributed by atoms with Crippen molar-refractivity contribution in [3.8, 4) is 5.75 Å². The zero-order valence-corrected chi connectivity index (χ0v) is 18.5. The molecule has 3 aromatic rings. The van der Waals surface area contributed by atoms with Crippen LogP contribution in [0.1, 0.15) is 41.6 Å². The lowest BCUT2D eigenvalue weighted by molar-refractivity contribution is -0.122. The minimum atomic E-state index is 0.0522. The van der Waals surface area contributed by atoms with E-state index in [0.29, 0.717) is 32.5 Å². The van der Waals surface area contributed by atoms with E-state index >= 15 is 0 Å². The molecule has 2 amide bonds. The lowest BCUT2D eigenvalue weighted by Gasteiger charge is -2.32. The summed E-state index contributed by atoms with van der Waals surface area (Å²) in [4.78, 5) is 27.3. The van der Waals surface area contributed by atoms with Crippen molar-refractivity contribution in [3.05, 3.63) is 77.9 Å². The fraction of sp³-hybridized carbons (Fsp3) is 0.333. The van der Waals surface area contributed by atoms with Crippen molar-refractivity contribution in [3.63, 3.8) is 0 Å². The molecule has 3 aromatic carbocycles. The van der Waals surface area contributed by atoms with Crippen LogP contribution in [0.5, 0.6) is 5.75 Å². The Hall–Kier alpha value is -3.34. The third-order valence-electron chi connectivity index (χ3n) is 6.01. The highest BCUT2D eigenvalue weighted by atomic mass is 16.5. The van der Waals surface area contributed by atoms with Crippen LogP contribution in [0.15, 0.2) is 66.7 Å². The van der Waals surface area contributed by atoms with Crippen molar-refractivity contribution in [1.82, 2.24) is 10.2 Å². The summed E-state index contributed by atoms with van der Waals surface area (Å²) in [5.41, 5.74) is 1.95. The molecule has 1 aliphatic heterocycles. The monoisotopic (exact) mass is 430 g/mol. The van der Waals surface area contributed by atoms with Crippen LogP contribution in [0.2, 0.25) is 0 Å². The number of nitrogens with zero attached hydrogens (tertiary/aromatic N) is 1. The summed E-state index contributed by atoms with van der Waals surface area (Å²) in [6, 6.07) is 21.9. The van der Waals surface area contributed by atoms with Gasteiger partial charge in [0.15, 0.2) is 0 Å². The van der Waals surface area contributed by atoms with Gasteiger partial charge >= 0.3 is 0 Å². The van der Waals surface area contributed by atoms with Crippen LogP contribution < -0.4 is 10.1 Å². The van der Waals surface area contributed by atoms with Crippen molar-refractivity contribution in [1.29, 1.82) is 0 Å². The smallest absolute Gasteiger partial charge is 0.254 e. The Kier molecular flexibility index (Phi) is 7.05. The molecule has 32 heavy (non-hydrogen) atoms. The van der Waals surface area contributed by atoms with E-state index in [1.807, 2.05) is 78.6 Å². The maximum atomic E-state index is 13.1. The van der Waals surface area contributed by atoms with Gasteiger partial charge in [-0.15, -0.1) is 0 Å². The van der Waals surface area contributed by atoms with Crippen LogP contribution >= 0.6 is 0 Å². The summed E-state index contributed by atoms with van der Waals surface area (Å²) in [6.07, 6.45) is 2.68. The molecule has 1 fully saturated rings. The Morgan fingerprint density at radius 3 is 2.47 bits per heavy atom. The van der Waals surface area contributed by atoms with Crippen molar-refractivity contribution >= 4 is 22.6 Å². The summed E-state index contributed by atoms with van der Waals surface area (Å²) < 4.78 is 5.69. The predicted octanol–water partition coefficient (Wildman–Crippen LogP) is 4.73. The first-order valence-electron chi connectivity index (χ1n) is 11.4. The third kappa shape index (κ3) is 5.47. The van der Waals surface area contributed by atoms with Crippen molar-refractivity contribution in [2.45, 2.75) is 38.6 Å². The molecule has 4 rings (SSSR count). The second-order valence-corrected chi connectivity index (χ2v) is 8.43. The maximum absolute atomic E-state index is 13.1. The number of carbonyl (C=O) groups excluding carboxylic acids is 2. The van der Waals surface area contributed by atoms with Crippen LogP contribution in [-0.2, 0) is 4.79 Å². The number of hydrogen-bond donors (Lipinski definition) is 1. The van der Waals surface area contributed by atoms with Gasteiger partial charge in [0.25, 0.3) is 5.91 Å². The SMILES string of the molecule is Cc1ccc(OCCCC(=O)NC2CCN(C(=O)c3cccc4ccccc34)CC2)cc1. The number of hydrogen-bond acceptors (Lipinski definition) is 3. The molecule has 1 heterocycles. The summed E-state index contributed by atoms with van der Waals surface area (Å²) in [7, 11) is 0. The molecular weight excluding hydrogens is 400 g/mol. The van der Waals surface area contributed by atoms with Gasteiger partial charge in [-0.25, -0.2) is 0 Å². The number of fused-ring (bicyclic) bond motifs is 1. The number of rotatable bonds is 7. The van der Waals surface area contributed by atoms with E-state index < -0.39 is 0 Å². The molecule has 0 radical (unpaired) electrons. The topological polar surface area (TPSA) is 58.6 Å². The number of nitrogens with one attached hydrogen (secondary N) is 1. The first-order valence-corrected chi connectivity index (χ1v) is 11.4. The highest BCUT2D eigenvalue weighted by Gasteiger charge is 2.25. The van der Waals surface area contributed by atoms with E-state index in [1.54, 1.807) is 0 Å². The number of aryl methyl sites for hydroxylation is 1. The average Bonchev–Trinajstić information content (AvgIpc) is 2.82. The van der Waals surface area contributed by atoms with E-state index in [9.17, 15) is 9.59 Å². The molecule has 0 aromatic heterocycles. The fourth-order valence-corrected chi connectivity index (χ4v) is 4.17. The van der Waals surface area contributed by atoms with Crippen molar-refractivity contribution in [2.24, 2.45) is 0 Å². The van der Waals surface area contributed by atoms with Crippen molar-refractivity contribution in [2.75, 3.05) is 19.7 Å². The van der Waals surface area contributed by atoms with Gasteiger partial charge in [-0.1, -0.05) is 54.1 Å². The number of carbonyl (C=O) groups is 2. The van der Waals surface area contributed by atoms with Gasteiger partial charge in [-0.2, -0.15) is 0 Å². The summed E-state index contributed by atoms with van der Waals surface area (Å²) in [5.74, 6) is 0.954. The molecule has 0 atom stereocenters. The minimum Gasteiger partial charge on any atom is -0.494 e. The lowest BCUT2D eigenvalue weighted by atomic mass is 10.0. The highest BCUT2D eigenvalue weighted by molar-refractivity contribution is 6.07.